The van der Waals surface area contributed by atoms with Gasteiger partial charge in [0, 0.05) is 11.4 Å². The number of carbonyl (C=O) groups excluding carboxylic acids is 1. The number of hydrogen-bond acceptors (Lipinski definition) is 4. The topological polar surface area (TPSA) is 29.5 Å². The summed E-state index contributed by atoms with van der Waals surface area (Å²) in [4.78, 5) is 14.7. The molecule has 3 nitrogen and oxygen atoms in total. The highest BCUT2D eigenvalue weighted by Gasteiger charge is 2.19. The van der Waals surface area contributed by atoms with Gasteiger partial charge in [0.2, 0.25) is 0 Å². The minimum absolute atomic E-state index is 0.156. The molecular weight excluding hydrogens is 210 g/mol. The number of rotatable bonds is 5. The van der Waals surface area contributed by atoms with Gasteiger partial charge < -0.3 is 4.74 Å². The van der Waals surface area contributed by atoms with Gasteiger partial charge in [-0.3, -0.25) is 9.69 Å². The molecule has 0 saturated carbocycles. The largest absolute Gasteiger partial charge is 0.465 e. The zero-order valence-electron chi connectivity index (χ0n) is 9.40. The van der Waals surface area contributed by atoms with E-state index in [0.717, 1.165) is 6.54 Å². The lowest BCUT2D eigenvalue weighted by Crippen LogP contribution is -2.36. The molecule has 0 saturated heterocycles. The fourth-order valence-corrected chi connectivity index (χ4v) is 2.00. The zero-order valence-corrected chi connectivity index (χ0v) is 10.2. The standard InChI is InChI=1S/C11H17NO2S/c1-4-14-11(13)9(2)12(3)8-10-6-5-7-15-10/h5-7,9H,4,8H2,1-3H3. The monoisotopic (exact) mass is 227 g/mol. The van der Waals surface area contributed by atoms with Gasteiger partial charge in [0.1, 0.15) is 6.04 Å². The van der Waals surface area contributed by atoms with Gasteiger partial charge in [0.25, 0.3) is 0 Å². The lowest BCUT2D eigenvalue weighted by Gasteiger charge is -2.22. The number of thiophene rings is 1. The minimum Gasteiger partial charge on any atom is -0.465 e. The predicted octanol–water partition coefficient (Wildman–Crippen LogP) is 2.13. The van der Waals surface area contributed by atoms with Crippen molar-refractivity contribution in [3.8, 4) is 0 Å². The number of hydrogen-bond donors (Lipinski definition) is 0. The van der Waals surface area contributed by atoms with Gasteiger partial charge in [-0.05, 0) is 32.3 Å². The summed E-state index contributed by atoms with van der Waals surface area (Å²) >= 11 is 1.70. The lowest BCUT2D eigenvalue weighted by molar-refractivity contribution is -0.148. The molecule has 0 amide bonds. The average molecular weight is 227 g/mol. The molecule has 1 unspecified atom stereocenters. The van der Waals surface area contributed by atoms with E-state index in [2.05, 4.69) is 6.07 Å². The summed E-state index contributed by atoms with van der Waals surface area (Å²) in [5, 5.41) is 2.04. The van der Waals surface area contributed by atoms with Gasteiger partial charge in [-0.15, -0.1) is 11.3 Å². The second-order valence-electron chi connectivity index (χ2n) is 3.42. The van der Waals surface area contributed by atoms with Crippen LogP contribution in [0.15, 0.2) is 17.5 Å². The van der Waals surface area contributed by atoms with Crippen molar-refractivity contribution < 1.29 is 9.53 Å². The molecule has 0 fully saturated rings. The lowest BCUT2D eigenvalue weighted by atomic mass is 10.3. The molecular formula is C11H17NO2S. The maximum atomic E-state index is 11.5. The van der Waals surface area contributed by atoms with Crippen LogP contribution in [0.1, 0.15) is 18.7 Å². The average Bonchev–Trinajstić information content (AvgIpc) is 2.69. The van der Waals surface area contributed by atoms with Crippen LogP contribution < -0.4 is 0 Å². The van der Waals surface area contributed by atoms with Crippen molar-refractivity contribution in [3.63, 3.8) is 0 Å². The molecule has 0 radical (unpaired) electrons. The second-order valence-corrected chi connectivity index (χ2v) is 4.45. The molecule has 1 aromatic heterocycles. The molecule has 0 aliphatic carbocycles. The maximum Gasteiger partial charge on any atom is 0.323 e. The van der Waals surface area contributed by atoms with E-state index < -0.39 is 0 Å². The Bertz CT molecular complexity index is 298. The predicted molar refractivity (Wildman–Crippen MR) is 61.9 cm³/mol. The minimum atomic E-state index is -0.188. The Balaban J connectivity index is 2.46. The summed E-state index contributed by atoms with van der Waals surface area (Å²) in [6.07, 6.45) is 0. The fourth-order valence-electron chi connectivity index (χ4n) is 1.23. The molecule has 1 heterocycles. The summed E-state index contributed by atoms with van der Waals surface area (Å²) in [5.41, 5.74) is 0. The zero-order chi connectivity index (χ0) is 11.3. The number of carbonyl (C=O) groups is 1. The normalized spacial score (nSPS) is 12.8. The van der Waals surface area contributed by atoms with Gasteiger partial charge in [-0.25, -0.2) is 0 Å². The Labute approximate surface area is 94.7 Å². The van der Waals surface area contributed by atoms with E-state index in [4.69, 9.17) is 4.74 Å². The Morgan fingerprint density at radius 2 is 2.40 bits per heavy atom. The molecule has 84 valence electrons. The summed E-state index contributed by atoms with van der Waals surface area (Å²) in [6.45, 7) is 4.92. The summed E-state index contributed by atoms with van der Waals surface area (Å²) in [7, 11) is 1.93. The highest BCUT2D eigenvalue weighted by molar-refractivity contribution is 7.09. The Morgan fingerprint density at radius 1 is 1.67 bits per heavy atom. The molecule has 0 aromatic carbocycles. The number of nitrogens with zero attached hydrogens (tertiary/aromatic N) is 1. The Kier molecular flexibility index (Phi) is 4.78. The molecule has 1 atom stereocenters. The van der Waals surface area contributed by atoms with Crippen molar-refractivity contribution in [2.24, 2.45) is 0 Å². The fraction of sp³-hybridized carbons (Fsp3) is 0.545. The van der Waals surface area contributed by atoms with E-state index in [-0.39, 0.29) is 12.0 Å². The molecule has 1 aromatic rings. The summed E-state index contributed by atoms with van der Waals surface area (Å²) in [5.74, 6) is -0.156. The van der Waals surface area contributed by atoms with Gasteiger partial charge in [0.15, 0.2) is 0 Å². The molecule has 0 bridgehead atoms. The first-order valence-electron chi connectivity index (χ1n) is 5.04. The van der Waals surface area contributed by atoms with Crippen molar-refractivity contribution in [1.82, 2.24) is 4.90 Å². The number of likely N-dealkylation sites (N-methyl/N-ethyl adjacent to an activating group) is 1. The second kappa shape index (κ2) is 5.88. The van der Waals surface area contributed by atoms with Crippen LogP contribution in [0, 0.1) is 0 Å². The smallest absolute Gasteiger partial charge is 0.323 e. The summed E-state index contributed by atoms with van der Waals surface area (Å²) in [6, 6.07) is 3.90. The van der Waals surface area contributed by atoms with E-state index in [9.17, 15) is 4.79 Å². The molecule has 0 aliphatic heterocycles. The molecule has 0 aliphatic rings. The van der Waals surface area contributed by atoms with Gasteiger partial charge >= 0.3 is 5.97 Å². The highest BCUT2D eigenvalue weighted by atomic mass is 32.1. The van der Waals surface area contributed by atoms with Gasteiger partial charge in [-0.2, -0.15) is 0 Å². The first-order valence-corrected chi connectivity index (χ1v) is 5.92. The van der Waals surface area contributed by atoms with Crippen molar-refractivity contribution in [1.29, 1.82) is 0 Å². The SMILES string of the molecule is CCOC(=O)C(C)N(C)Cc1cccs1. The van der Waals surface area contributed by atoms with Crippen LogP contribution in [0.5, 0.6) is 0 Å². The third-order valence-corrected chi connectivity index (χ3v) is 3.14. The maximum absolute atomic E-state index is 11.5. The first kappa shape index (κ1) is 12.2. The molecule has 1 rings (SSSR count). The van der Waals surface area contributed by atoms with Gasteiger partial charge in [0.05, 0.1) is 6.61 Å². The van der Waals surface area contributed by atoms with E-state index in [1.54, 1.807) is 11.3 Å². The van der Waals surface area contributed by atoms with Crippen LogP contribution in [0.3, 0.4) is 0 Å². The molecule has 4 heteroatoms. The van der Waals surface area contributed by atoms with Crippen LogP contribution in [0.2, 0.25) is 0 Å². The number of ether oxygens (including phenoxy) is 1. The van der Waals surface area contributed by atoms with E-state index in [1.807, 2.05) is 37.2 Å². The third-order valence-electron chi connectivity index (χ3n) is 2.27. The first-order chi connectivity index (χ1) is 7.15. The highest BCUT2D eigenvalue weighted by Crippen LogP contribution is 2.12. The Hall–Kier alpha value is -0.870. The van der Waals surface area contributed by atoms with Crippen LogP contribution in [0.4, 0.5) is 0 Å². The quantitative estimate of drug-likeness (QED) is 0.722. The van der Waals surface area contributed by atoms with Crippen LogP contribution in [0.25, 0.3) is 0 Å². The van der Waals surface area contributed by atoms with E-state index >= 15 is 0 Å². The van der Waals surface area contributed by atoms with Crippen molar-refractivity contribution >= 4 is 17.3 Å². The van der Waals surface area contributed by atoms with Crippen molar-refractivity contribution in [2.75, 3.05) is 13.7 Å². The van der Waals surface area contributed by atoms with E-state index in [0.29, 0.717) is 6.61 Å². The molecule has 15 heavy (non-hydrogen) atoms. The number of esters is 1. The Morgan fingerprint density at radius 3 is 2.93 bits per heavy atom. The van der Waals surface area contributed by atoms with Crippen LogP contribution in [-0.4, -0.2) is 30.6 Å². The van der Waals surface area contributed by atoms with Crippen molar-refractivity contribution in [3.05, 3.63) is 22.4 Å². The molecule has 0 N–H and O–H groups in total. The third kappa shape index (κ3) is 3.64. The van der Waals surface area contributed by atoms with Gasteiger partial charge in [-0.1, -0.05) is 6.07 Å². The van der Waals surface area contributed by atoms with Crippen molar-refractivity contribution in [2.45, 2.75) is 26.4 Å². The summed E-state index contributed by atoms with van der Waals surface area (Å²) < 4.78 is 4.97. The van der Waals surface area contributed by atoms with E-state index in [1.165, 1.54) is 4.88 Å². The van der Waals surface area contributed by atoms with Crippen LogP contribution >= 0.6 is 11.3 Å². The molecule has 0 spiro atoms. The van der Waals surface area contributed by atoms with Crippen LogP contribution in [-0.2, 0) is 16.1 Å².